The van der Waals surface area contributed by atoms with Gasteiger partial charge in [-0.3, -0.25) is 0 Å². The highest BCUT2D eigenvalue weighted by Crippen LogP contribution is 2.08. The van der Waals surface area contributed by atoms with Crippen LogP contribution in [0.1, 0.15) is 38.2 Å². The second-order valence-corrected chi connectivity index (χ2v) is 6.09. The number of hydrogen-bond donors (Lipinski definition) is 2. The molecule has 0 amide bonds. The van der Waals surface area contributed by atoms with Gasteiger partial charge in [-0.25, -0.2) is 13.8 Å². The number of aryl methyl sites for hydroxylation is 1. The van der Waals surface area contributed by atoms with Gasteiger partial charge in [0.1, 0.15) is 0 Å². The number of hydrogen-bond acceptors (Lipinski definition) is 3. The minimum atomic E-state index is -3.43. The molecule has 18 heavy (non-hydrogen) atoms. The summed E-state index contributed by atoms with van der Waals surface area (Å²) in [6, 6.07) is 6.79. The van der Waals surface area contributed by atoms with E-state index in [4.69, 9.17) is 0 Å². The first-order valence-corrected chi connectivity index (χ1v) is 7.86. The lowest BCUT2D eigenvalue weighted by Crippen LogP contribution is -2.37. The van der Waals surface area contributed by atoms with Crippen molar-refractivity contribution in [1.29, 1.82) is 0 Å². The minimum Gasteiger partial charge on any atom is -0.244 e. The highest BCUT2D eigenvalue weighted by atomic mass is 32.2. The molecule has 0 spiro atoms. The Labute approximate surface area is 110 Å². The molecule has 0 saturated heterocycles. The van der Waals surface area contributed by atoms with Gasteiger partial charge < -0.3 is 0 Å². The number of hydrazine groups is 1. The van der Waals surface area contributed by atoms with Crippen LogP contribution in [-0.2, 0) is 10.0 Å². The van der Waals surface area contributed by atoms with Gasteiger partial charge in [-0.15, -0.1) is 4.83 Å². The molecule has 2 N–H and O–H groups in total. The fourth-order valence-electron chi connectivity index (χ4n) is 1.56. The summed E-state index contributed by atoms with van der Waals surface area (Å²) in [5.74, 6) is 0. The molecule has 0 aliphatic rings. The number of benzene rings is 1. The maximum absolute atomic E-state index is 11.9. The van der Waals surface area contributed by atoms with E-state index in [1.54, 1.807) is 24.3 Å². The van der Waals surface area contributed by atoms with Crippen molar-refractivity contribution in [3.63, 3.8) is 0 Å². The molecule has 1 rings (SSSR count). The van der Waals surface area contributed by atoms with Crippen LogP contribution in [0.2, 0.25) is 0 Å². The molecular weight excluding hydrogens is 248 g/mol. The van der Waals surface area contributed by atoms with E-state index in [-0.39, 0.29) is 4.90 Å². The fourth-order valence-corrected chi connectivity index (χ4v) is 2.47. The van der Waals surface area contributed by atoms with Gasteiger partial charge in [-0.05, 0) is 25.5 Å². The van der Waals surface area contributed by atoms with E-state index in [1.165, 1.54) is 12.8 Å². The molecule has 0 aliphatic carbocycles. The van der Waals surface area contributed by atoms with Crippen LogP contribution >= 0.6 is 0 Å². The Balaban J connectivity index is 2.38. The van der Waals surface area contributed by atoms with E-state index < -0.39 is 10.0 Å². The summed E-state index contributed by atoms with van der Waals surface area (Å²) in [4.78, 5) is 2.68. The topological polar surface area (TPSA) is 58.2 Å². The maximum atomic E-state index is 11.9. The highest BCUT2D eigenvalue weighted by Gasteiger charge is 2.12. The van der Waals surface area contributed by atoms with Gasteiger partial charge in [-0.2, -0.15) is 0 Å². The van der Waals surface area contributed by atoms with Gasteiger partial charge in [-0.1, -0.05) is 43.9 Å². The SMILES string of the molecule is CCCCCCNNS(=O)(=O)c1ccc(C)cc1. The molecule has 0 heterocycles. The second-order valence-electron chi connectivity index (χ2n) is 4.41. The van der Waals surface area contributed by atoms with Crippen LogP contribution in [0.4, 0.5) is 0 Å². The summed E-state index contributed by atoms with van der Waals surface area (Å²) in [5.41, 5.74) is 3.80. The Morgan fingerprint density at radius 3 is 2.33 bits per heavy atom. The lowest BCUT2D eigenvalue weighted by molar-refractivity contribution is 0.540. The summed E-state index contributed by atoms with van der Waals surface area (Å²) in [6.45, 7) is 4.73. The Hall–Kier alpha value is -0.910. The van der Waals surface area contributed by atoms with Crippen LogP contribution in [-0.4, -0.2) is 15.0 Å². The van der Waals surface area contributed by atoms with Crippen molar-refractivity contribution in [3.05, 3.63) is 29.8 Å². The van der Waals surface area contributed by atoms with Crippen LogP contribution in [0.25, 0.3) is 0 Å². The molecule has 5 heteroatoms. The molecule has 1 aromatic carbocycles. The van der Waals surface area contributed by atoms with Gasteiger partial charge in [0.2, 0.25) is 0 Å². The van der Waals surface area contributed by atoms with E-state index in [9.17, 15) is 8.42 Å². The third kappa shape index (κ3) is 5.16. The third-order valence-corrected chi connectivity index (χ3v) is 4.00. The number of unbranched alkanes of at least 4 members (excludes halogenated alkanes) is 3. The Kier molecular flexibility index (Phi) is 6.32. The Morgan fingerprint density at radius 1 is 1.06 bits per heavy atom. The van der Waals surface area contributed by atoms with Gasteiger partial charge in [0.25, 0.3) is 10.0 Å². The summed E-state index contributed by atoms with van der Waals surface area (Å²) >= 11 is 0. The molecule has 0 saturated carbocycles. The van der Waals surface area contributed by atoms with Crippen molar-refractivity contribution >= 4 is 10.0 Å². The zero-order chi connectivity index (χ0) is 13.4. The van der Waals surface area contributed by atoms with Crippen molar-refractivity contribution in [3.8, 4) is 0 Å². The first kappa shape index (κ1) is 15.1. The molecule has 0 aromatic heterocycles. The van der Waals surface area contributed by atoms with E-state index in [0.29, 0.717) is 6.54 Å². The van der Waals surface area contributed by atoms with Gasteiger partial charge >= 0.3 is 0 Å². The normalized spacial score (nSPS) is 11.7. The van der Waals surface area contributed by atoms with E-state index in [0.717, 1.165) is 18.4 Å². The van der Waals surface area contributed by atoms with Gasteiger partial charge in [0.15, 0.2) is 0 Å². The maximum Gasteiger partial charge on any atom is 0.253 e. The lowest BCUT2D eigenvalue weighted by Gasteiger charge is -2.08. The second kappa shape index (κ2) is 7.51. The Bertz CT molecular complexity index is 441. The molecule has 0 radical (unpaired) electrons. The van der Waals surface area contributed by atoms with Crippen molar-refractivity contribution < 1.29 is 8.42 Å². The summed E-state index contributed by atoms with van der Waals surface area (Å²) < 4.78 is 23.7. The molecule has 0 atom stereocenters. The number of rotatable bonds is 8. The monoisotopic (exact) mass is 270 g/mol. The lowest BCUT2D eigenvalue weighted by atomic mass is 10.2. The van der Waals surface area contributed by atoms with Gasteiger partial charge in [0, 0.05) is 6.54 Å². The number of nitrogens with one attached hydrogen (secondary N) is 2. The molecule has 102 valence electrons. The first-order valence-electron chi connectivity index (χ1n) is 6.37. The molecule has 0 bridgehead atoms. The van der Waals surface area contributed by atoms with E-state index in [2.05, 4.69) is 17.2 Å². The average molecular weight is 270 g/mol. The van der Waals surface area contributed by atoms with Crippen LogP contribution in [0.3, 0.4) is 0 Å². The molecular formula is C13H22N2O2S. The quantitative estimate of drug-likeness (QED) is 0.563. The highest BCUT2D eigenvalue weighted by molar-refractivity contribution is 7.89. The third-order valence-electron chi connectivity index (χ3n) is 2.69. The molecule has 0 fully saturated rings. The summed E-state index contributed by atoms with van der Waals surface area (Å²) in [6.07, 6.45) is 4.46. The molecule has 4 nitrogen and oxygen atoms in total. The van der Waals surface area contributed by atoms with Crippen LogP contribution in [0.5, 0.6) is 0 Å². The van der Waals surface area contributed by atoms with E-state index >= 15 is 0 Å². The van der Waals surface area contributed by atoms with Crippen molar-refractivity contribution in [2.45, 2.75) is 44.4 Å². The van der Waals surface area contributed by atoms with Crippen LogP contribution in [0, 0.1) is 6.92 Å². The summed E-state index contributed by atoms with van der Waals surface area (Å²) in [7, 11) is -3.43. The van der Waals surface area contributed by atoms with Crippen molar-refractivity contribution in [2.75, 3.05) is 6.54 Å². The van der Waals surface area contributed by atoms with E-state index in [1.807, 2.05) is 6.92 Å². The standard InChI is InChI=1S/C13H22N2O2S/c1-3-4-5-6-11-14-15-18(16,17)13-9-7-12(2)8-10-13/h7-10,14-15H,3-6,11H2,1-2H3. The van der Waals surface area contributed by atoms with Crippen LogP contribution < -0.4 is 10.3 Å². The zero-order valence-corrected chi connectivity index (χ0v) is 11.9. The largest absolute Gasteiger partial charge is 0.253 e. The predicted molar refractivity (Wildman–Crippen MR) is 73.6 cm³/mol. The molecule has 0 aliphatic heterocycles. The van der Waals surface area contributed by atoms with Crippen molar-refractivity contribution in [2.24, 2.45) is 0 Å². The predicted octanol–water partition coefficient (Wildman–Crippen LogP) is 2.36. The summed E-state index contributed by atoms with van der Waals surface area (Å²) in [5, 5.41) is 0. The zero-order valence-electron chi connectivity index (χ0n) is 11.1. The Morgan fingerprint density at radius 2 is 1.72 bits per heavy atom. The molecule has 1 aromatic rings. The van der Waals surface area contributed by atoms with Crippen molar-refractivity contribution in [1.82, 2.24) is 10.3 Å². The fraction of sp³-hybridized carbons (Fsp3) is 0.538. The molecule has 0 unspecified atom stereocenters. The average Bonchev–Trinajstić information content (AvgIpc) is 2.34. The minimum absolute atomic E-state index is 0.286. The number of sulfonamides is 1. The smallest absolute Gasteiger partial charge is 0.244 e. The van der Waals surface area contributed by atoms with Crippen LogP contribution in [0.15, 0.2) is 29.2 Å². The van der Waals surface area contributed by atoms with Gasteiger partial charge in [0.05, 0.1) is 4.90 Å². The first-order chi connectivity index (χ1) is 8.56.